The maximum atomic E-state index is 12.7. The van der Waals surface area contributed by atoms with E-state index in [0.29, 0.717) is 5.69 Å². The van der Waals surface area contributed by atoms with Crippen molar-refractivity contribution in [1.29, 1.82) is 0 Å². The van der Waals surface area contributed by atoms with Crippen molar-refractivity contribution in [2.45, 2.75) is 0 Å². The van der Waals surface area contributed by atoms with Crippen molar-refractivity contribution in [2.75, 3.05) is 11.1 Å². The number of hydrogen-bond acceptors (Lipinski definition) is 2. The molecule has 16 heavy (non-hydrogen) atoms. The molecule has 0 saturated heterocycles. The van der Waals surface area contributed by atoms with Crippen molar-refractivity contribution in [3.05, 3.63) is 52.8 Å². The molecule has 0 heterocycles. The zero-order valence-electron chi connectivity index (χ0n) is 8.37. The van der Waals surface area contributed by atoms with Gasteiger partial charge in [-0.2, -0.15) is 0 Å². The molecule has 0 atom stereocenters. The molecular weight excluding hydrogens is 271 g/mol. The third kappa shape index (κ3) is 2.52. The van der Waals surface area contributed by atoms with E-state index < -0.39 is 0 Å². The van der Waals surface area contributed by atoms with Crippen molar-refractivity contribution < 1.29 is 4.39 Å². The molecular formula is C12H10BrFN2. The molecule has 0 fully saturated rings. The number of benzene rings is 2. The van der Waals surface area contributed by atoms with Gasteiger partial charge in [0.25, 0.3) is 0 Å². The second kappa shape index (κ2) is 4.53. The van der Waals surface area contributed by atoms with Gasteiger partial charge in [-0.05, 0) is 58.4 Å². The van der Waals surface area contributed by atoms with Crippen LogP contribution in [-0.4, -0.2) is 0 Å². The van der Waals surface area contributed by atoms with Crippen LogP contribution in [0.1, 0.15) is 0 Å². The third-order valence-electron chi connectivity index (χ3n) is 2.12. The van der Waals surface area contributed by atoms with Gasteiger partial charge in [0.15, 0.2) is 0 Å². The molecule has 82 valence electrons. The molecule has 2 aromatic rings. The molecule has 0 radical (unpaired) electrons. The first-order valence-corrected chi connectivity index (χ1v) is 5.52. The van der Waals surface area contributed by atoms with Crippen LogP contribution in [0.3, 0.4) is 0 Å². The van der Waals surface area contributed by atoms with Crippen LogP contribution < -0.4 is 11.1 Å². The Morgan fingerprint density at radius 2 is 1.75 bits per heavy atom. The van der Waals surface area contributed by atoms with E-state index in [9.17, 15) is 4.39 Å². The second-order valence-corrected chi connectivity index (χ2v) is 4.23. The molecule has 0 aliphatic heterocycles. The lowest BCUT2D eigenvalue weighted by Gasteiger charge is -2.08. The second-order valence-electron chi connectivity index (χ2n) is 3.37. The first-order chi connectivity index (χ1) is 7.65. The molecule has 0 aliphatic carbocycles. The highest BCUT2D eigenvalue weighted by Gasteiger charge is 2.00. The van der Waals surface area contributed by atoms with Crippen LogP contribution in [0.25, 0.3) is 0 Å². The molecule has 2 rings (SSSR count). The van der Waals surface area contributed by atoms with Crippen molar-refractivity contribution in [3.63, 3.8) is 0 Å². The van der Waals surface area contributed by atoms with Crippen molar-refractivity contribution >= 4 is 33.0 Å². The maximum Gasteiger partial charge on any atom is 0.123 e. The summed E-state index contributed by atoms with van der Waals surface area (Å²) in [7, 11) is 0. The van der Waals surface area contributed by atoms with Gasteiger partial charge in [0.05, 0.1) is 5.69 Å². The summed E-state index contributed by atoms with van der Waals surface area (Å²) in [4.78, 5) is 0. The van der Waals surface area contributed by atoms with Gasteiger partial charge in [0.2, 0.25) is 0 Å². The number of nitrogen functional groups attached to an aromatic ring is 1. The predicted octanol–water partition coefficient (Wildman–Crippen LogP) is 3.91. The fourth-order valence-corrected chi connectivity index (χ4v) is 1.82. The Labute approximate surface area is 101 Å². The van der Waals surface area contributed by atoms with Crippen LogP contribution in [0.4, 0.5) is 21.5 Å². The smallest absolute Gasteiger partial charge is 0.123 e. The number of hydrogen-bond donors (Lipinski definition) is 2. The molecule has 0 bridgehead atoms. The van der Waals surface area contributed by atoms with Crippen LogP contribution in [0, 0.1) is 5.82 Å². The van der Waals surface area contributed by atoms with Gasteiger partial charge in [-0.25, -0.2) is 4.39 Å². The number of anilines is 3. The lowest BCUT2D eigenvalue weighted by molar-refractivity contribution is 0.628. The van der Waals surface area contributed by atoms with E-state index in [1.54, 1.807) is 18.2 Å². The molecule has 0 aliphatic rings. The minimum atomic E-state index is -0.248. The summed E-state index contributed by atoms with van der Waals surface area (Å²) in [5.74, 6) is -0.248. The SMILES string of the molecule is Nc1ccc(Nc2ccc(F)cc2)c(Br)c1. The zero-order valence-corrected chi connectivity index (χ0v) is 9.96. The molecule has 3 N–H and O–H groups in total. The average molecular weight is 281 g/mol. The minimum Gasteiger partial charge on any atom is -0.399 e. The fraction of sp³-hybridized carbons (Fsp3) is 0. The highest BCUT2D eigenvalue weighted by molar-refractivity contribution is 9.10. The molecule has 2 aromatic carbocycles. The molecule has 0 saturated carbocycles. The standard InChI is InChI=1S/C12H10BrFN2/c13-11-7-9(15)3-6-12(11)16-10-4-1-8(14)2-5-10/h1-7,16H,15H2. The van der Waals surface area contributed by atoms with E-state index >= 15 is 0 Å². The molecule has 4 heteroatoms. The quantitative estimate of drug-likeness (QED) is 0.819. The van der Waals surface area contributed by atoms with Crippen LogP contribution in [-0.2, 0) is 0 Å². The number of nitrogens with two attached hydrogens (primary N) is 1. The summed E-state index contributed by atoms with van der Waals surface area (Å²) in [6, 6.07) is 11.7. The maximum absolute atomic E-state index is 12.7. The highest BCUT2D eigenvalue weighted by Crippen LogP contribution is 2.27. The summed E-state index contributed by atoms with van der Waals surface area (Å²) in [6.07, 6.45) is 0. The summed E-state index contributed by atoms with van der Waals surface area (Å²) in [6.45, 7) is 0. The summed E-state index contributed by atoms with van der Waals surface area (Å²) in [5, 5.41) is 3.16. The molecule has 0 amide bonds. The van der Waals surface area contributed by atoms with Gasteiger partial charge in [-0.3, -0.25) is 0 Å². The van der Waals surface area contributed by atoms with Crippen molar-refractivity contribution in [2.24, 2.45) is 0 Å². The number of halogens is 2. The number of nitrogens with one attached hydrogen (secondary N) is 1. The van der Waals surface area contributed by atoms with Gasteiger partial charge >= 0.3 is 0 Å². The van der Waals surface area contributed by atoms with E-state index in [1.807, 2.05) is 12.1 Å². The molecule has 0 unspecified atom stereocenters. The largest absolute Gasteiger partial charge is 0.399 e. The van der Waals surface area contributed by atoms with Crippen molar-refractivity contribution in [1.82, 2.24) is 0 Å². The monoisotopic (exact) mass is 280 g/mol. The van der Waals surface area contributed by atoms with Gasteiger partial charge in [0, 0.05) is 15.8 Å². The average Bonchev–Trinajstić information content (AvgIpc) is 2.25. The van der Waals surface area contributed by atoms with E-state index in [4.69, 9.17) is 5.73 Å². The Hall–Kier alpha value is -1.55. The van der Waals surface area contributed by atoms with E-state index in [2.05, 4.69) is 21.2 Å². The van der Waals surface area contributed by atoms with Gasteiger partial charge < -0.3 is 11.1 Å². The molecule has 0 spiro atoms. The fourth-order valence-electron chi connectivity index (χ4n) is 1.32. The van der Waals surface area contributed by atoms with Crippen LogP contribution in [0.15, 0.2) is 46.9 Å². The Morgan fingerprint density at radius 3 is 2.38 bits per heavy atom. The highest BCUT2D eigenvalue weighted by atomic mass is 79.9. The van der Waals surface area contributed by atoms with E-state index in [0.717, 1.165) is 15.8 Å². The first kappa shape index (κ1) is 11.0. The van der Waals surface area contributed by atoms with Crippen LogP contribution in [0.2, 0.25) is 0 Å². The topological polar surface area (TPSA) is 38.0 Å². The van der Waals surface area contributed by atoms with E-state index in [-0.39, 0.29) is 5.82 Å². The van der Waals surface area contributed by atoms with Crippen LogP contribution >= 0.6 is 15.9 Å². The van der Waals surface area contributed by atoms with Crippen molar-refractivity contribution in [3.8, 4) is 0 Å². The normalized spacial score (nSPS) is 10.1. The zero-order chi connectivity index (χ0) is 11.5. The summed E-state index contributed by atoms with van der Waals surface area (Å²) in [5.41, 5.74) is 8.04. The summed E-state index contributed by atoms with van der Waals surface area (Å²) < 4.78 is 13.6. The molecule has 2 nitrogen and oxygen atoms in total. The third-order valence-corrected chi connectivity index (χ3v) is 2.77. The Balaban J connectivity index is 2.23. The molecule has 0 aromatic heterocycles. The van der Waals surface area contributed by atoms with Gasteiger partial charge in [-0.1, -0.05) is 0 Å². The lowest BCUT2D eigenvalue weighted by Crippen LogP contribution is -1.93. The predicted molar refractivity (Wildman–Crippen MR) is 68.2 cm³/mol. The Bertz CT molecular complexity index is 497. The Kier molecular flexibility index (Phi) is 3.10. The first-order valence-electron chi connectivity index (χ1n) is 4.73. The van der Waals surface area contributed by atoms with Gasteiger partial charge in [-0.15, -0.1) is 0 Å². The van der Waals surface area contributed by atoms with Crippen LogP contribution in [0.5, 0.6) is 0 Å². The number of rotatable bonds is 2. The van der Waals surface area contributed by atoms with E-state index in [1.165, 1.54) is 12.1 Å². The lowest BCUT2D eigenvalue weighted by atomic mass is 10.2. The minimum absolute atomic E-state index is 0.248. The Morgan fingerprint density at radius 1 is 1.06 bits per heavy atom. The van der Waals surface area contributed by atoms with Gasteiger partial charge in [0.1, 0.15) is 5.82 Å². The summed E-state index contributed by atoms with van der Waals surface area (Å²) >= 11 is 3.40.